The molecule has 0 bridgehead atoms. The fourth-order valence-electron chi connectivity index (χ4n) is 1.65. The van der Waals surface area contributed by atoms with E-state index in [1.807, 2.05) is 12.3 Å². The molecule has 0 fully saturated rings. The Kier molecular flexibility index (Phi) is 4.56. The molecular formula is C11H19N3. The zero-order valence-corrected chi connectivity index (χ0v) is 8.96. The first kappa shape index (κ1) is 11.1. The Morgan fingerprint density at radius 2 is 2.29 bits per heavy atom. The summed E-state index contributed by atoms with van der Waals surface area (Å²) in [7, 11) is 0. The van der Waals surface area contributed by atoms with E-state index in [0.717, 1.165) is 25.0 Å². The molecule has 78 valence electrons. The molecule has 3 nitrogen and oxygen atoms in total. The first-order chi connectivity index (χ1) is 6.83. The van der Waals surface area contributed by atoms with E-state index in [2.05, 4.69) is 30.3 Å². The van der Waals surface area contributed by atoms with E-state index in [9.17, 15) is 0 Å². The van der Waals surface area contributed by atoms with Gasteiger partial charge in [-0.25, -0.2) is 0 Å². The lowest BCUT2D eigenvalue weighted by Crippen LogP contribution is -2.29. The van der Waals surface area contributed by atoms with Crippen LogP contribution < -0.4 is 11.3 Å². The molecule has 0 radical (unpaired) electrons. The van der Waals surface area contributed by atoms with Crippen LogP contribution in [0.1, 0.15) is 44.0 Å². The minimum atomic E-state index is 0.191. The van der Waals surface area contributed by atoms with Crippen molar-refractivity contribution in [2.24, 2.45) is 5.84 Å². The third-order valence-corrected chi connectivity index (χ3v) is 2.42. The molecule has 0 amide bonds. The number of hydrogen-bond acceptors (Lipinski definition) is 3. The summed E-state index contributed by atoms with van der Waals surface area (Å²) in [6.07, 6.45) is 4.97. The molecule has 0 spiro atoms. The molecule has 0 saturated carbocycles. The lowest BCUT2D eigenvalue weighted by molar-refractivity contribution is 0.495. The van der Waals surface area contributed by atoms with Crippen molar-refractivity contribution in [2.75, 3.05) is 0 Å². The van der Waals surface area contributed by atoms with Crippen molar-refractivity contribution in [1.29, 1.82) is 0 Å². The molecule has 1 heterocycles. The summed E-state index contributed by atoms with van der Waals surface area (Å²) >= 11 is 0. The third kappa shape index (κ3) is 2.53. The summed E-state index contributed by atoms with van der Waals surface area (Å²) in [5.74, 6) is 5.52. The quantitative estimate of drug-likeness (QED) is 0.555. The van der Waals surface area contributed by atoms with Gasteiger partial charge >= 0.3 is 0 Å². The van der Waals surface area contributed by atoms with E-state index in [1.165, 1.54) is 5.56 Å². The van der Waals surface area contributed by atoms with Gasteiger partial charge in [-0.2, -0.15) is 0 Å². The maximum Gasteiger partial charge on any atom is 0.0634 e. The van der Waals surface area contributed by atoms with E-state index < -0.39 is 0 Å². The van der Waals surface area contributed by atoms with Crippen molar-refractivity contribution in [3.63, 3.8) is 0 Å². The molecule has 1 aromatic heterocycles. The van der Waals surface area contributed by atoms with Crippen molar-refractivity contribution >= 4 is 0 Å². The van der Waals surface area contributed by atoms with Gasteiger partial charge in [-0.05, 0) is 24.5 Å². The van der Waals surface area contributed by atoms with Gasteiger partial charge < -0.3 is 0 Å². The molecule has 1 aromatic rings. The van der Waals surface area contributed by atoms with Crippen LogP contribution in [0.5, 0.6) is 0 Å². The SMILES string of the molecule is CCCC(NN)c1ncccc1CC. The minimum Gasteiger partial charge on any atom is -0.271 e. The standard InChI is InChI=1S/C11H19N3/c1-3-6-10(14-12)11-9(4-2)7-5-8-13-11/h5,7-8,10,14H,3-4,6,12H2,1-2H3. The second kappa shape index (κ2) is 5.73. The van der Waals surface area contributed by atoms with E-state index in [-0.39, 0.29) is 6.04 Å². The van der Waals surface area contributed by atoms with Gasteiger partial charge in [-0.15, -0.1) is 0 Å². The zero-order valence-electron chi connectivity index (χ0n) is 8.96. The van der Waals surface area contributed by atoms with Crippen molar-refractivity contribution in [2.45, 2.75) is 39.2 Å². The number of aryl methyl sites for hydroxylation is 1. The van der Waals surface area contributed by atoms with Crippen LogP contribution in [0.4, 0.5) is 0 Å². The van der Waals surface area contributed by atoms with Crippen molar-refractivity contribution in [3.05, 3.63) is 29.6 Å². The van der Waals surface area contributed by atoms with Gasteiger partial charge in [0, 0.05) is 6.20 Å². The second-order valence-corrected chi connectivity index (χ2v) is 3.41. The molecule has 1 atom stereocenters. The van der Waals surface area contributed by atoms with Gasteiger partial charge in [0.25, 0.3) is 0 Å². The molecule has 14 heavy (non-hydrogen) atoms. The predicted molar refractivity (Wildman–Crippen MR) is 58.6 cm³/mol. The highest BCUT2D eigenvalue weighted by Crippen LogP contribution is 2.19. The molecule has 0 aliphatic rings. The van der Waals surface area contributed by atoms with E-state index in [1.54, 1.807) is 0 Å². The Bertz CT molecular complexity index is 273. The van der Waals surface area contributed by atoms with E-state index >= 15 is 0 Å². The lowest BCUT2D eigenvalue weighted by Gasteiger charge is -2.17. The third-order valence-electron chi connectivity index (χ3n) is 2.42. The number of hydrogen-bond donors (Lipinski definition) is 2. The highest BCUT2D eigenvalue weighted by Gasteiger charge is 2.12. The lowest BCUT2D eigenvalue weighted by atomic mass is 10.0. The van der Waals surface area contributed by atoms with Crippen molar-refractivity contribution in [1.82, 2.24) is 10.4 Å². The average Bonchev–Trinajstić information content (AvgIpc) is 2.26. The monoisotopic (exact) mass is 193 g/mol. The normalized spacial score (nSPS) is 12.8. The van der Waals surface area contributed by atoms with Crippen LogP contribution in [0.2, 0.25) is 0 Å². The Balaban J connectivity index is 2.90. The first-order valence-electron chi connectivity index (χ1n) is 5.23. The molecular weight excluding hydrogens is 174 g/mol. The highest BCUT2D eigenvalue weighted by molar-refractivity contribution is 5.22. The fraction of sp³-hybridized carbons (Fsp3) is 0.545. The van der Waals surface area contributed by atoms with E-state index in [4.69, 9.17) is 5.84 Å². The van der Waals surface area contributed by atoms with Crippen molar-refractivity contribution < 1.29 is 0 Å². The molecule has 3 heteroatoms. The minimum absolute atomic E-state index is 0.191. The number of nitrogens with zero attached hydrogens (tertiary/aromatic N) is 1. The average molecular weight is 193 g/mol. The smallest absolute Gasteiger partial charge is 0.0634 e. The Morgan fingerprint density at radius 3 is 2.86 bits per heavy atom. The Hall–Kier alpha value is -0.930. The number of aromatic nitrogens is 1. The van der Waals surface area contributed by atoms with Crippen LogP contribution >= 0.6 is 0 Å². The van der Waals surface area contributed by atoms with Gasteiger partial charge in [0.2, 0.25) is 0 Å². The maximum absolute atomic E-state index is 5.52. The van der Waals surface area contributed by atoms with Gasteiger partial charge in [0.05, 0.1) is 11.7 Å². The Morgan fingerprint density at radius 1 is 1.50 bits per heavy atom. The summed E-state index contributed by atoms with van der Waals surface area (Å²) in [5, 5.41) is 0. The zero-order chi connectivity index (χ0) is 10.4. The molecule has 1 rings (SSSR count). The summed E-state index contributed by atoms with van der Waals surface area (Å²) in [5.41, 5.74) is 5.21. The summed E-state index contributed by atoms with van der Waals surface area (Å²) < 4.78 is 0. The second-order valence-electron chi connectivity index (χ2n) is 3.41. The molecule has 3 N–H and O–H groups in total. The topological polar surface area (TPSA) is 50.9 Å². The highest BCUT2D eigenvalue weighted by atomic mass is 15.2. The number of rotatable bonds is 5. The van der Waals surface area contributed by atoms with Crippen LogP contribution in [0.25, 0.3) is 0 Å². The Labute approximate surface area is 85.7 Å². The van der Waals surface area contributed by atoms with Crippen LogP contribution in [0.15, 0.2) is 18.3 Å². The summed E-state index contributed by atoms with van der Waals surface area (Å²) in [4.78, 5) is 4.40. The first-order valence-corrected chi connectivity index (χ1v) is 5.23. The van der Waals surface area contributed by atoms with Gasteiger partial charge in [-0.1, -0.05) is 26.3 Å². The van der Waals surface area contributed by atoms with Crippen LogP contribution in [-0.4, -0.2) is 4.98 Å². The summed E-state index contributed by atoms with van der Waals surface area (Å²) in [6, 6.07) is 4.28. The maximum atomic E-state index is 5.52. The molecule has 0 aliphatic heterocycles. The molecule has 0 aliphatic carbocycles. The largest absolute Gasteiger partial charge is 0.271 e. The van der Waals surface area contributed by atoms with Gasteiger partial charge in [0.15, 0.2) is 0 Å². The van der Waals surface area contributed by atoms with Gasteiger partial charge in [0.1, 0.15) is 0 Å². The number of pyridine rings is 1. The number of nitrogens with one attached hydrogen (secondary N) is 1. The number of nitrogens with two attached hydrogens (primary N) is 1. The van der Waals surface area contributed by atoms with Crippen molar-refractivity contribution in [3.8, 4) is 0 Å². The fourth-order valence-corrected chi connectivity index (χ4v) is 1.65. The predicted octanol–water partition coefficient (Wildman–Crippen LogP) is 1.95. The van der Waals surface area contributed by atoms with Crippen LogP contribution in [0, 0.1) is 0 Å². The molecule has 0 saturated heterocycles. The molecule has 1 unspecified atom stereocenters. The summed E-state index contributed by atoms with van der Waals surface area (Å²) in [6.45, 7) is 4.29. The van der Waals surface area contributed by atoms with Gasteiger partial charge in [-0.3, -0.25) is 16.3 Å². The molecule has 0 aromatic carbocycles. The van der Waals surface area contributed by atoms with Crippen LogP contribution in [0.3, 0.4) is 0 Å². The number of hydrazine groups is 1. The van der Waals surface area contributed by atoms with Crippen LogP contribution in [-0.2, 0) is 6.42 Å². The van der Waals surface area contributed by atoms with E-state index in [0.29, 0.717) is 0 Å².